The van der Waals surface area contributed by atoms with Crippen molar-refractivity contribution >= 4 is 11.8 Å². The van der Waals surface area contributed by atoms with E-state index in [-0.39, 0.29) is 30.3 Å². The normalized spacial score (nSPS) is 21.3. The van der Waals surface area contributed by atoms with Crippen molar-refractivity contribution in [2.24, 2.45) is 0 Å². The first-order valence-electron chi connectivity index (χ1n) is 10.3. The Bertz CT molecular complexity index is 1100. The van der Waals surface area contributed by atoms with Crippen LogP contribution in [-0.2, 0) is 20.5 Å². The largest absolute Gasteiger partial charge is 0.469 e. The predicted molar refractivity (Wildman–Crippen MR) is 109 cm³/mol. The standard InChI is InChI=1S/C24H22F3NO4/c1-3-31-23(30)20-13(2)28-17-11-15(19-5-4-10-32-19)12-18(29)22(17)21(20)14-6-8-16(9-7-14)24(25,26)27/h4-10,15,21,28H,3,11-12H2,1-2H3/t15-,21+/m0/s1. The van der Waals surface area contributed by atoms with Gasteiger partial charge >= 0.3 is 12.1 Å². The molecule has 1 aliphatic heterocycles. The molecule has 2 aromatic rings. The second-order valence-electron chi connectivity index (χ2n) is 7.87. The summed E-state index contributed by atoms with van der Waals surface area (Å²) in [5.41, 5.74) is 1.42. The Hall–Kier alpha value is -3.29. The summed E-state index contributed by atoms with van der Waals surface area (Å²) in [6.45, 7) is 3.51. The van der Waals surface area contributed by atoms with Crippen LogP contribution in [0.25, 0.3) is 0 Å². The van der Waals surface area contributed by atoms with Gasteiger partial charge < -0.3 is 14.5 Å². The molecule has 1 N–H and O–H groups in total. The summed E-state index contributed by atoms with van der Waals surface area (Å²) in [4.78, 5) is 26.1. The zero-order chi connectivity index (χ0) is 23.0. The maximum absolute atomic E-state index is 13.3. The molecule has 0 saturated carbocycles. The number of allylic oxidation sites excluding steroid dienone is 3. The molecule has 1 aromatic heterocycles. The van der Waals surface area contributed by atoms with E-state index in [4.69, 9.17) is 9.15 Å². The molecule has 1 aromatic carbocycles. The van der Waals surface area contributed by atoms with Crippen LogP contribution in [0.4, 0.5) is 13.2 Å². The number of ketones is 1. The van der Waals surface area contributed by atoms with E-state index in [0.29, 0.717) is 34.7 Å². The zero-order valence-corrected chi connectivity index (χ0v) is 17.6. The fourth-order valence-electron chi connectivity index (χ4n) is 4.44. The highest BCUT2D eigenvalue weighted by Crippen LogP contribution is 2.46. The van der Waals surface area contributed by atoms with Crippen LogP contribution in [0.5, 0.6) is 0 Å². The summed E-state index contributed by atoms with van der Waals surface area (Å²) >= 11 is 0. The molecular formula is C24H22F3NO4. The lowest BCUT2D eigenvalue weighted by Crippen LogP contribution is -2.36. The molecule has 0 amide bonds. The van der Waals surface area contributed by atoms with Gasteiger partial charge in [0.15, 0.2) is 5.78 Å². The average molecular weight is 445 g/mol. The third kappa shape index (κ3) is 3.97. The van der Waals surface area contributed by atoms with E-state index >= 15 is 0 Å². The van der Waals surface area contributed by atoms with Gasteiger partial charge in [0, 0.05) is 35.2 Å². The van der Waals surface area contributed by atoms with Gasteiger partial charge in [-0.15, -0.1) is 0 Å². The minimum atomic E-state index is -4.48. The van der Waals surface area contributed by atoms with Gasteiger partial charge in [0.05, 0.1) is 24.0 Å². The highest BCUT2D eigenvalue weighted by Gasteiger charge is 2.42. The van der Waals surface area contributed by atoms with Gasteiger partial charge in [0.1, 0.15) is 5.76 Å². The van der Waals surface area contributed by atoms with E-state index in [9.17, 15) is 22.8 Å². The molecule has 168 valence electrons. The lowest BCUT2D eigenvalue weighted by molar-refractivity contribution is -0.139. The van der Waals surface area contributed by atoms with Crippen LogP contribution < -0.4 is 5.32 Å². The van der Waals surface area contributed by atoms with Gasteiger partial charge in [-0.1, -0.05) is 12.1 Å². The Morgan fingerprint density at radius 3 is 2.50 bits per heavy atom. The van der Waals surface area contributed by atoms with Gasteiger partial charge in [0.2, 0.25) is 0 Å². The van der Waals surface area contributed by atoms with Crippen LogP contribution in [0.15, 0.2) is 69.6 Å². The Balaban J connectivity index is 1.80. The van der Waals surface area contributed by atoms with Crippen LogP contribution in [0.3, 0.4) is 0 Å². The molecule has 0 radical (unpaired) electrons. The number of benzene rings is 1. The fourth-order valence-corrected chi connectivity index (χ4v) is 4.44. The number of rotatable bonds is 4. The molecule has 32 heavy (non-hydrogen) atoms. The number of hydrogen-bond donors (Lipinski definition) is 1. The number of furan rings is 1. The molecule has 0 unspecified atom stereocenters. The van der Waals surface area contributed by atoms with Crippen molar-refractivity contribution in [1.82, 2.24) is 5.32 Å². The van der Waals surface area contributed by atoms with Gasteiger partial charge in [-0.2, -0.15) is 13.2 Å². The van der Waals surface area contributed by atoms with Crippen LogP contribution in [0.1, 0.15) is 55.4 Å². The molecule has 5 nitrogen and oxygen atoms in total. The number of hydrogen-bond acceptors (Lipinski definition) is 5. The van der Waals surface area contributed by atoms with Crippen molar-refractivity contribution < 1.29 is 31.9 Å². The fraction of sp³-hybridized carbons (Fsp3) is 0.333. The average Bonchev–Trinajstić information content (AvgIpc) is 3.27. The second-order valence-corrected chi connectivity index (χ2v) is 7.87. The number of carbonyl (C=O) groups is 2. The van der Waals surface area contributed by atoms with Crippen molar-refractivity contribution in [3.63, 3.8) is 0 Å². The van der Waals surface area contributed by atoms with E-state index in [1.807, 2.05) is 6.07 Å². The lowest BCUT2D eigenvalue weighted by atomic mass is 9.72. The van der Waals surface area contributed by atoms with Crippen molar-refractivity contribution in [2.75, 3.05) is 6.61 Å². The van der Waals surface area contributed by atoms with Gasteiger partial charge in [-0.25, -0.2) is 4.79 Å². The number of esters is 1. The number of halogens is 3. The van der Waals surface area contributed by atoms with E-state index in [0.717, 1.165) is 12.1 Å². The smallest absolute Gasteiger partial charge is 0.416 e. The van der Waals surface area contributed by atoms with Crippen LogP contribution in [-0.4, -0.2) is 18.4 Å². The Kier molecular flexibility index (Phi) is 5.71. The minimum absolute atomic E-state index is 0.135. The molecule has 2 atom stereocenters. The number of nitrogens with one attached hydrogen (secondary N) is 1. The van der Waals surface area contributed by atoms with Gasteiger partial charge in [0.25, 0.3) is 0 Å². The summed E-state index contributed by atoms with van der Waals surface area (Å²) in [6, 6.07) is 8.15. The molecule has 8 heteroatoms. The first-order valence-corrected chi connectivity index (χ1v) is 10.3. The lowest BCUT2D eigenvalue weighted by Gasteiger charge is -2.36. The maximum Gasteiger partial charge on any atom is 0.416 e. The predicted octanol–water partition coefficient (Wildman–Crippen LogP) is 5.22. The molecule has 4 rings (SSSR count). The van der Waals surface area contributed by atoms with E-state index in [2.05, 4.69) is 5.32 Å². The highest BCUT2D eigenvalue weighted by atomic mass is 19.4. The first-order chi connectivity index (χ1) is 15.2. The summed E-state index contributed by atoms with van der Waals surface area (Å²) in [5.74, 6) is -1.06. The Morgan fingerprint density at radius 1 is 1.19 bits per heavy atom. The van der Waals surface area contributed by atoms with E-state index in [1.165, 1.54) is 12.1 Å². The van der Waals surface area contributed by atoms with Crippen LogP contribution in [0, 0.1) is 0 Å². The Morgan fingerprint density at radius 2 is 1.91 bits per heavy atom. The summed E-state index contributed by atoms with van der Waals surface area (Å²) in [6.07, 6.45) is -2.27. The number of dihydropyridines is 1. The number of ether oxygens (including phenoxy) is 1. The molecule has 2 heterocycles. The summed E-state index contributed by atoms with van der Waals surface area (Å²) in [5, 5.41) is 3.18. The zero-order valence-electron chi connectivity index (χ0n) is 17.6. The van der Waals surface area contributed by atoms with Crippen molar-refractivity contribution in [2.45, 2.75) is 44.7 Å². The van der Waals surface area contributed by atoms with Gasteiger partial charge in [-0.3, -0.25) is 4.79 Å². The quantitative estimate of drug-likeness (QED) is 0.654. The topological polar surface area (TPSA) is 68.5 Å². The molecule has 0 saturated heterocycles. The third-order valence-electron chi connectivity index (χ3n) is 5.84. The van der Waals surface area contributed by atoms with E-state index in [1.54, 1.807) is 26.2 Å². The molecule has 0 spiro atoms. The molecular weight excluding hydrogens is 423 g/mol. The van der Waals surface area contributed by atoms with Crippen LogP contribution >= 0.6 is 0 Å². The third-order valence-corrected chi connectivity index (χ3v) is 5.84. The van der Waals surface area contributed by atoms with Crippen LogP contribution in [0.2, 0.25) is 0 Å². The number of carbonyl (C=O) groups excluding carboxylic acids is 2. The second kappa shape index (κ2) is 8.33. The molecule has 2 aliphatic rings. The maximum atomic E-state index is 13.3. The molecule has 0 fully saturated rings. The minimum Gasteiger partial charge on any atom is -0.469 e. The van der Waals surface area contributed by atoms with Crippen molar-refractivity contribution in [3.05, 3.63) is 82.1 Å². The van der Waals surface area contributed by atoms with E-state index < -0.39 is 23.6 Å². The summed E-state index contributed by atoms with van der Waals surface area (Å²) in [7, 11) is 0. The first kappa shape index (κ1) is 21.9. The molecule has 1 aliphatic carbocycles. The summed E-state index contributed by atoms with van der Waals surface area (Å²) < 4.78 is 49.9. The van der Waals surface area contributed by atoms with Crippen molar-refractivity contribution in [1.29, 1.82) is 0 Å². The monoisotopic (exact) mass is 445 g/mol. The SMILES string of the molecule is CCOC(=O)C1=C(C)NC2=C(C(=O)C[C@@H](c3ccco3)C2)[C@@H]1c1ccc(C(F)(F)F)cc1. The number of alkyl halides is 3. The van der Waals surface area contributed by atoms with Gasteiger partial charge in [-0.05, 0) is 50.1 Å². The Labute approximate surface area is 182 Å². The molecule has 0 bridgehead atoms. The highest BCUT2D eigenvalue weighted by molar-refractivity contribution is 6.04. The van der Waals surface area contributed by atoms with Crippen molar-refractivity contribution in [3.8, 4) is 0 Å². The number of Topliss-reactive ketones (excluding diaryl/α,β-unsaturated/α-hetero) is 1.